The molecule has 4 heteroatoms. The Morgan fingerprint density at radius 3 is 2.83 bits per heavy atom. The second-order valence-corrected chi connectivity index (χ2v) is 5.70. The first-order valence-electron chi connectivity index (χ1n) is 7.08. The lowest BCUT2D eigenvalue weighted by Gasteiger charge is -2.33. The molecule has 0 amide bonds. The summed E-state index contributed by atoms with van der Waals surface area (Å²) in [6.45, 7) is 6.70. The van der Waals surface area contributed by atoms with Crippen LogP contribution in [0.3, 0.4) is 0 Å². The third-order valence-electron chi connectivity index (χ3n) is 4.38. The zero-order chi connectivity index (χ0) is 12.4. The van der Waals surface area contributed by atoms with Gasteiger partial charge in [-0.25, -0.2) is 9.97 Å². The molecule has 98 valence electrons. The minimum absolute atomic E-state index is 0.477. The van der Waals surface area contributed by atoms with Crippen LogP contribution in [-0.4, -0.2) is 36.1 Å². The SMILES string of the molecule is CCc1cnc(N2CC[C@]3(CCCNC3)C2)nc1. The molecule has 2 fully saturated rings. The predicted molar refractivity (Wildman–Crippen MR) is 72.8 cm³/mol. The van der Waals surface area contributed by atoms with E-state index in [-0.39, 0.29) is 0 Å². The van der Waals surface area contributed by atoms with Gasteiger partial charge in [0.15, 0.2) is 0 Å². The first-order chi connectivity index (χ1) is 8.81. The van der Waals surface area contributed by atoms with E-state index in [1.807, 2.05) is 12.4 Å². The largest absolute Gasteiger partial charge is 0.340 e. The highest BCUT2D eigenvalue weighted by Crippen LogP contribution is 2.37. The molecule has 0 radical (unpaired) electrons. The summed E-state index contributed by atoms with van der Waals surface area (Å²) >= 11 is 0. The standard InChI is InChI=1S/C14H22N4/c1-2-12-8-16-13(17-9-12)18-7-5-14(11-18)4-3-6-15-10-14/h8-9,15H,2-7,10-11H2,1H3/t14-/m0/s1. The summed E-state index contributed by atoms with van der Waals surface area (Å²) in [5, 5.41) is 3.54. The Bertz CT molecular complexity index is 395. The summed E-state index contributed by atoms with van der Waals surface area (Å²) < 4.78 is 0. The molecular weight excluding hydrogens is 224 g/mol. The number of anilines is 1. The van der Waals surface area contributed by atoms with E-state index in [0.717, 1.165) is 32.0 Å². The first-order valence-corrected chi connectivity index (χ1v) is 7.08. The molecule has 2 saturated heterocycles. The third kappa shape index (κ3) is 2.21. The van der Waals surface area contributed by atoms with Crippen molar-refractivity contribution in [2.75, 3.05) is 31.1 Å². The number of hydrogen-bond donors (Lipinski definition) is 1. The van der Waals surface area contributed by atoms with Crippen LogP contribution in [0.4, 0.5) is 5.95 Å². The fourth-order valence-electron chi connectivity index (χ4n) is 3.18. The van der Waals surface area contributed by atoms with Gasteiger partial charge in [-0.3, -0.25) is 0 Å². The Morgan fingerprint density at radius 1 is 1.33 bits per heavy atom. The maximum atomic E-state index is 4.50. The van der Waals surface area contributed by atoms with Crippen LogP contribution in [0.25, 0.3) is 0 Å². The van der Waals surface area contributed by atoms with Gasteiger partial charge in [0.05, 0.1) is 0 Å². The van der Waals surface area contributed by atoms with Crippen molar-refractivity contribution in [1.29, 1.82) is 0 Å². The highest BCUT2D eigenvalue weighted by Gasteiger charge is 2.39. The second-order valence-electron chi connectivity index (χ2n) is 5.70. The van der Waals surface area contributed by atoms with Gasteiger partial charge in [-0.2, -0.15) is 0 Å². The number of aromatic nitrogens is 2. The molecule has 1 spiro atoms. The van der Waals surface area contributed by atoms with Crippen molar-refractivity contribution in [3.63, 3.8) is 0 Å². The van der Waals surface area contributed by atoms with Gasteiger partial charge < -0.3 is 10.2 Å². The second kappa shape index (κ2) is 4.84. The fraction of sp³-hybridized carbons (Fsp3) is 0.714. The molecule has 1 atom stereocenters. The van der Waals surface area contributed by atoms with E-state index in [1.165, 1.54) is 31.4 Å². The maximum absolute atomic E-state index is 4.50. The average molecular weight is 246 g/mol. The zero-order valence-corrected chi connectivity index (χ0v) is 11.2. The third-order valence-corrected chi connectivity index (χ3v) is 4.38. The molecule has 1 aromatic heterocycles. The van der Waals surface area contributed by atoms with Crippen LogP contribution in [-0.2, 0) is 6.42 Å². The molecule has 4 nitrogen and oxygen atoms in total. The Morgan fingerprint density at radius 2 is 2.17 bits per heavy atom. The highest BCUT2D eigenvalue weighted by atomic mass is 15.3. The minimum atomic E-state index is 0.477. The van der Waals surface area contributed by atoms with Crippen LogP contribution in [0.1, 0.15) is 31.7 Å². The molecule has 0 bridgehead atoms. The average Bonchev–Trinajstić information content (AvgIpc) is 2.83. The molecule has 2 aliphatic rings. The quantitative estimate of drug-likeness (QED) is 0.861. The van der Waals surface area contributed by atoms with Crippen molar-refractivity contribution in [2.45, 2.75) is 32.6 Å². The molecule has 2 aliphatic heterocycles. The lowest BCUT2D eigenvalue weighted by molar-refractivity contribution is 0.239. The molecule has 0 aliphatic carbocycles. The number of aryl methyl sites for hydroxylation is 1. The molecule has 18 heavy (non-hydrogen) atoms. The Kier molecular flexibility index (Phi) is 3.20. The summed E-state index contributed by atoms with van der Waals surface area (Å²) in [6.07, 6.45) is 8.87. The maximum Gasteiger partial charge on any atom is 0.225 e. The van der Waals surface area contributed by atoms with Gasteiger partial charge in [0.1, 0.15) is 0 Å². The monoisotopic (exact) mass is 246 g/mol. The predicted octanol–water partition coefficient (Wildman–Crippen LogP) is 1.62. The molecule has 0 aromatic carbocycles. The van der Waals surface area contributed by atoms with Gasteiger partial charge in [0.2, 0.25) is 5.95 Å². The number of hydrogen-bond acceptors (Lipinski definition) is 4. The molecule has 0 saturated carbocycles. The Labute approximate surface area is 109 Å². The van der Waals surface area contributed by atoms with Crippen molar-refractivity contribution in [3.05, 3.63) is 18.0 Å². The van der Waals surface area contributed by atoms with Crippen molar-refractivity contribution < 1.29 is 0 Å². The van der Waals surface area contributed by atoms with Crippen LogP contribution in [0, 0.1) is 5.41 Å². The van der Waals surface area contributed by atoms with Crippen LogP contribution in [0.15, 0.2) is 12.4 Å². The van der Waals surface area contributed by atoms with E-state index in [2.05, 4.69) is 27.1 Å². The van der Waals surface area contributed by atoms with Gasteiger partial charge in [-0.1, -0.05) is 6.92 Å². The van der Waals surface area contributed by atoms with E-state index in [0.29, 0.717) is 5.41 Å². The van der Waals surface area contributed by atoms with Crippen LogP contribution < -0.4 is 10.2 Å². The molecule has 3 heterocycles. The van der Waals surface area contributed by atoms with Crippen molar-refractivity contribution in [1.82, 2.24) is 15.3 Å². The minimum Gasteiger partial charge on any atom is -0.340 e. The molecular formula is C14H22N4. The lowest BCUT2D eigenvalue weighted by Crippen LogP contribution is -2.42. The molecule has 3 rings (SSSR count). The Balaban J connectivity index is 1.70. The number of rotatable bonds is 2. The van der Waals surface area contributed by atoms with E-state index in [1.54, 1.807) is 0 Å². The molecule has 1 aromatic rings. The van der Waals surface area contributed by atoms with Crippen molar-refractivity contribution in [3.8, 4) is 0 Å². The zero-order valence-electron chi connectivity index (χ0n) is 11.2. The number of piperidine rings is 1. The van der Waals surface area contributed by atoms with Crippen LogP contribution >= 0.6 is 0 Å². The van der Waals surface area contributed by atoms with E-state index in [9.17, 15) is 0 Å². The summed E-state index contributed by atoms with van der Waals surface area (Å²) in [5.41, 5.74) is 1.69. The fourth-order valence-corrected chi connectivity index (χ4v) is 3.18. The van der Waals surface area contributed by atoms with Crippen LogP contribution in [0.5, 0.6) is 0 Å². The lowest BCUT2D eigenvalue weighted by atomic mass is 9.80. The van der Waals surface area contributed by atoms with Gasteiger partial charge in [-0.05, 0) is 37.8 Å². The van der Waals surface area contributed by atoms with Gasteiger partial charge >= 0.3 is 0 Å². The topological polar surface area (TPSA) is 41.1 Å². The van der Waals surface area contributed by atoms with Crippen molar-refractivity contribution in [2.24, 2.45) is 5.41 Å². The van der Waals surface area contributed by atoms with E-state index in [4.69, 9.17) is 0 Å². The molecule has 0 unspecified atom stereocenters. The van der Waals surface area contributed by atoms with Crippen LogP contribution in [0.2, 0.25) is 0 Å². The molecule has 1 N–H and O–H groups in total. The van der Waals surface area contributed by atoms with E-state index >= 15 is 0 Å². The number of nitrogens with one attached hydrogen (secondary N) is 1. The van der Waals surface area contributed by atoms with Crippen molar-refractivity contribution >= 4 is 5.95 Å². The Hall–Kier alpha value is -1.16. The summed E-state index contributed by atoms with van der Waals surface area (Å²) in [7, 11) is 0. The van der Waals surface area contributed by atoms with E-state index < -0.39 is 0 Å². The highest BCUT2D eigenvalue weighted by molar-refractivity contribution is 5.33. The van der Waals surface area contributed by atoms with Gasteiger partial charge in [0.25, 0.3) is 0 Å². The first kappa shape index (κ1) is 11.9. The summed E-state index contributed by atoms with van der Waals surface area (Å²) in [4.78, 5) is 11.4. The smallest absolute Gasteiger partial charge is 0.225 e. The summed E-state index contributed by atoms with van der Waals surface area (Å²) in [6, 6.07) is 0. The summed E-state index contributed by atoms with van der Waals surface area (Å²) in [5.74, 6) is 0.912. The van der Waals surface area contributed by atoms with Gasteiger partial charge in [0, 0.05) is 37.4 Å². The number of nitrogens with zero attached hydrogens (tertiary/aromatic N) is 3. The van der Waals surface area contributed by atoms with Gasteiger partial charge in [-0.15, -0.1) is 0 Å². The normalized spacial score (nSPS) is 27.9.